The average Bonchev–Trinajstić information content (AvgIpc) is 2.75. The molecule has 1 N–H and O–H groups in total. The molecule has 0 aliphatic carbocycles. The first-order valence-corrected chi connectivity index (χ1v) is 10.3. The molecule has 152 valence electrons. The number of benzene rings is 2. The van der Waals surface area contributed by atoms with Crippen LogP contribution in [0.3, 0.4) is 0 Å². The van der Waals surface area contributed by atoms with Gasteiger partial charge in [0.2, 0.25) is 5.91 Å². The number of para-hydroxylation sites is 2. The van der Waals surface area contributed by atoms with Crippen molar-refractivity contribution in [3.8, 4) is 5.75 Å². The van der Waals surface area contributed by atoms with Gasteiger partial charge in [-0.25, -0.2) is 0 Å². The van der Waals surface area contributed by atoms with Crippen molar-refractivity contribution >= 4 is 23.2 Å². The number of piperidine rings is 1. The smallest absolute Gasteiger partial charge is 0.265 e. The number of nitrogens with zero attached hydrogens (tertiary/aromatic N) is 2. The number of nitrogens with one attached hydrogen (secondary N) is 1. The highest BCUT2D eigenvalue weighted by molar-refractivity contribution is 5.95. The molecule has 2 aromatic carbocycles. The van der Waals surface area contributed by atoms with Crippen LogP contribution in [0.4, 0.5) is 11.4 Å². The number of hydrogen-bond donors (Lipinski definition) is 1. The van der Waals surface area contributed by atoms with Gasteiger partial charge in [-0.1, -0.05) is 29.8 Å². The van der Waals surface area contributed by atoms with Crippen LogP contribution in [0.25, 0.3) is 0 Å². The van der Waals surface area contributed by atoms with E-state index in [-0.39, 0.29) is 18.4 Å². The number of carbonyl (C=O) groups is 2. The van der Waals surface area contributed by atoms with E-state index in [1.807, 2.05) is 65.3 Å². The molecule has 4 rings (SSSR count). The Labute approximate surface area is 171 Å². The minimum atomic E-state index is -0.588. The van der Waals surface area contributed by atoms with Gasteiger partial charge in [0.1, 0.15) is 5.75 Å². The van der Waals surface area contributed by atoms with Gasteiger partial charge in [0, 0.05) is 18.8 Å². The van der Waals surface area contributed by atoms with Crippen LogP contribution in [-0.2, 0) is 9.59 Å². The standard InChI is InChI=1S/C23H27N3O3/c1-17-9-11-18(12-10-17)24-22(27)16-26-15-21(23(28)25-13-5-2-6-14-25)29-20-8-4-3-7-19(20)26/h3-4,7-12,21H,2,5-6,13-16H2,1H3,(H,24,27)/t21-/m1/s1. The summed E-state index contributed by atoms with van der Waals surface area (Å²) in [6.07, 6.45) is 2.66. The van der Waals surface area contributed by atoms with Crippen LogP contribution in [0.5, 0.6) is 5.75 Å². The molecule has 1 fully saturated rings. The summed E-state index contributed by atoms with van der Waals surface area (Å²) in [5.74, 6) is 0.551. The predicted octanol–water partition coefficient (Wildman–Crippen LogP) is 3.21. The lowest BCUT2D eigenvalue weighted by Crippen LogP contribution is -2.52. The molecule has 6 nitrogen and oxygen atoms in total. The van der Waals surface area contributed by atoms with Gasteiger partial charge in [-0.3, -0.25) is 9.59 Å². The number of carbonyl (C=O) groups excluding carboxylic acids is 2. The molecule has 1 atom stereocenters. The van der Waals surface area contributed by atoms with Gasteiger partial charge < -0.3 is 19.9 Å². The number of anilines is 2. The van der Waals surface area contributed by atoms with Crippen LogP contribution in [0.1, 0.15) is 24.8 Å². The second kappa shape index (κ2) is 8.55. The third-order valence-electron chi connectivity index (χ3n) is 5.47. The molecule has 2 amide bonds. The molecule has 0 unspecified atom stereocenters. The van der Waals surface area contributed by atoms with Crippen LogP contribution in [0, 0.1) is 6.92 Å². The summed E-state index contributed by atoms with van der Waals surface area (Å²) in [5.41, 5.74) is 2.75. The first-order valence-electron chi connectivity index (χ1n) is 10.3. The van der Waals surface area contributed by atoms with Gasteiger partial charge in [-0.05, 0) is 50.5 Å². The summed E-state index contributed by atoms with van der Waals surface area (Å²) in [6.45, 7) is 4.12. The Morgan fingerprint density at radius 1 is 1.03 bits per heavy atom. The van der Waals surface area contributed by atoms with E-state index >= 15 is 0 Å². The van der Waals surface area contributed by atoms with E-state index in [1.165, 1.54) is 6.42 Å². The molecule has 0 saturated carbocycles. The number of likely N-dealkylation sites (tertiary alicyclic amines) is 1. The number of hydrogen-bond acceptors (Lipinski definition) is 4. The normalized spacial score (nSPS) is 18.6. The monoisotopic (exact) mass is 393 g/mol. The lowest BCUT2D eigenvalue weighted by Gasteiger charge is -2.38. The van der Waals surface area contributed by atoms with Crippen LogP contribution in [-0.4, -0.2) is 49.0 Å². The average molecular weight is 393 g/mol. The minimum absolute atomic E-state index is 0.0168. The number of amides is 2. The summed E-state index contributed by atoms with van der Waals surface area (Å²) in [4.78, 5) is 29.5. The third-order valence-corrected chi connectivity index (χ3v) is 5.47. The zero-order valence-corrected chi connectivity index (χ0v) is 16.8. The van der Waals surface area contributed by atoms with Gasteiger partial charge in [0.15, 0.2) is 6.10 Å². The van der Waals surface area contributed by atoms with Crippen molar-refractivity contribution in [1.29, 1.82) is 0 Å². The number of rotatable bonds is 4. The number of aryl methyl sites for hydroxylation is 1. The largest absolute Gasteiger partial charge is 0.477 e. The molecular formula is C23H27N3O3. The summed E-state index contributed by atoms with van der Waals surface area (Å²) >= 11 is 0. The SMILES string of the molecule is Cc1ccc(NC(=O)CN2C[C@H](C(=O)N3CCCCC3)Oc3ccccc32)cc1. The molecular weight excluding hydrogens is 366 g/mol. The van der Waals surface area contributed by atoms with E-state index in [0.717, 1.165) is 42.9 Å². The Morgan fingerprint density at radius 2 is 1.76 bits per heavy atom. The lowest BCUT2D eigenvalue weighted by molar-refractivity contribution is -0.139. The van der Waals surface area contributed by atoms with E-state index in [1.54, 1.807) is 0 Å². The topological polar surface area (TPSA) is 61.9 Å². The summed E-state index contributed by atoms with van der Waals surface area (Å²) in [7, 11) is 0. The van der Waals surface area contributed by atoms with Crippen molar-refractivity contribution in [2.24, 2.45) is 0 Å². The Kier molecular flexibility index (Phi) is 5.69. The van der Waals surface area contributed by atoms with E-state index in [2.05, 4.69) is 5.32 Å². The van der Waals surface area contributed by atoms with Crippen LogP contribution in [0.2, 0.25) is 0 Å². The van der Waals surface area contributed by atoms with Crippen molar-refractivity contribution < 1.29 is 14.3 Å². The molecule has 2 aromatic rings. The molecule has 0 radical (unpaired) electrons. The molecule has 0 bridgehead atoms. The highest BCUT2D eigenvalue weighted by Crippen LogP contribution is 2.33. The van der Waals surface area contributed by atoms with E-state index in [0.29, 0.717) is 12.3 Å². The Bertz CT molecular complexity index is 875. The van der Waals surface area contributed by atoms with Gasteiger partial charge in [-0.15, -0.1) is 0 Å². The highest BCUT2D eigenvalue weighted by atomic mass is 16.5. The highest BCUT2D eigenvalue weighted by Gasteiger charge is 2.34. The van der Waals surface area contributed by atoms with Crippen molar-refractivity contribution in [3.05, 3.63) is 54.1 Å². The molecule has 6 heteroatoms. The number of fused-ring (bicyclic) bond motifs is 1. The van der Waals surface area contributed by atoms with Crippen LogP contribution < -0.4 is 15.0 Å². The summed E-state index contributed by atoms with van der Waals surface area (Å²) < 4.78 is 6.03. The molecule has 2 aliphatic rings. The van der Waals surface area contributed by atoms with E-state index in [4.69, 9.17) is 4.74 Å². The first kappa shape index (κ1) is 19.3. The predicted molar refractivity (Wildman–Crippen MR) is 113 cm³/mol. The second-order valence-electron chi connectivity index (χ2n) is 7.75. The molecule has 2 heterocycles. The quantitative estimate of drug-likeness (QED) is 0.867. The summed E-state index contributed by atoms with van der Waals surface area (Å²) in [5, 5.41) is 2.94. The van der Waals surface area contributed by atoms with Gasteiger partial charge in [-0.2, -0.15) is 0 Å². The fourth-order valence-corrected chi connectivity index (χ4v) is 3.91. The van der Waals surface area contributed by atoms with Crippen molar-refractivity contribution in [3.63, 3.8) is 0 Å². The number of ether oxygens (including phenoxy) is 1. The van der Waals surface area contributed by atoms with Crippen molar-refractivity contribution in [1.82, 2.24) is 4.90 Å². The maximum absolute atomic E-state index is 13.0. The Balaban J connectivity index is 1.48. The second-order valence-corrected chi connectivity index (χ2v) is 7.75. The fourth-order valence-electron chi connectivity index (χ4n) is 3.91. The molecule has 0 spiro atoms. The maximum Gasteiger partial charge on any atom is 0.265 e. The van der Waals surface area contributed by atoms with Gasteiger partial charge >= 0.3 is 0 Å². The van der Waals surface area contributed by atoms with E-state index in [9.17, 15) is 9.59 Å². The Hall–Kier alpha value is -3.02. The third kappa shape index (κ3) is 4.53. The lowest BCUT2D eigenvalue weighted by atomic mass is 10.1. The zero-order valence-electron chi connectivity index (χ0n) is 16.8. The van der Waals surface area contributed by atoms with Crippen molar-refractivity contribution in [2.45, 2.75) is 32.3 Å². The molecule has 1 saturated heterocycles. The fraction of sp³-hybridized carbons (Fsp3) is 0.391. The minimum Gasteiger partial charge on any atom is -0.477 e. The van der Waals surface area contributed by atoms with E-state index < -0.39 is 6.10 Å². The molecule has 0 aromatic heterocycles. The molecule has 2 aliphatic heterocycles. The van der Waals surface area contributed by atoms with Gasteiger partial charge in [0.05, 0.1) is 18.8 Å². The zero-order chi connectivity index (χ0) is 20.2. The summed E-state index contributed by atoms with van der Waals surface area (Å²) in [6, 6.07) is 15.3. The Morgan fingerprint density at radius 3 is 2.52 bits per heavy atom. The van der Waals surface area contributed by atoms with Crippen LogP contribution >= 0.6 is 0 Å². The maximum atomic E-state index is 13.0. The first-order chi connectivity index (χ1) is 14.1. The van der Waals surface area contributed by atoms with Crippen molar-refractivity contribution in [2.75, 3.05) is 36.4 Å². The van der Waals surface area contributed by atoms with Crippen LogP contribution in [0.15, 0.2) is 48.5 Å². The molecule has 29 heavy (non-hydrogen) atoms. The van der Waals surface area contributed by atoms with Gasteiger partial charge in [0.25, 0.3) is 5.91 Å².